The van der Waals surface area contributed by atoms with E-state index >= 15 is 0 Å². The van der Waals surface area contributed by atoms with Gasteiger partial charge in [0.2, 0.25) is 0 Å². The van der Waals surface area contributed by atoms with Crippen molar-refractivity contribution < 1.29 is 14.6 Å². The Bertz CT molecular complexity index is 91.3. The van der Waals surface area contributed by atoms with Crippen LogP contribution in [-0.4, -0.2) is 31.2 Å². The quantitative estimate of drug-likeness (QED) is 0.470. The molecule has 0 aliphatic carbocycles. The van der Waals surface area contributed by atoms with Gasteiger partial charge in [-0.1, -0.05) is 0 Å². The van der Waals surface area contributed by atoms with Crippen molar-refractivity contribution in [2.75, 3.05) is 20.3 Å². The highest BCUT2D eigenvalue weighted by Crippen LogP contribution is 2.09. The molecular formula is C8H18O3. The highest BCUT2D eigenvalue weighted by Gasteiger charge is 2.15. The molecule has 0 fully saturated rings. The lowest BCUT2D eigenvalue weighted by atomic mass is 10.3. The Hall–Kier alpha value is -0.120. The maximum absolute atomic E-state index is 8.47. The molecule has 0 unspecified atom stereocenters. The van der Waals surface area contributed by atoms with Gasteiger partial charge in [0.25, 0.3) is 0 Å². The van der Waals surface area contributed by atoms with Crippen LogP contribution in [-0.2, 0) is 9.47 Å². The summed E-state index contributed by atoms with van der Waals surface area (Å²) in [4.78, 5) is 0. The fourth-order valence-electron chi connectivity index (χ4n) is 0.591. The zero-order valence-electron chi connectivity index (χ0n) is 7.59. The molecule has 0 aromatic carbocycles. The molecule has 0 rings (SSSR count). The van der Waals surface area contributed by atoms with Gasteiger partial charge in [-0.05, 0) is 26.7 Å². The zero-order valence-corrected chi connectivity index (χ0v) is 7.59. The van der Waals surface area contributed by atoms with Crippen LogP contribution in [0.1, 0.15) is 26.7 Å². The minimum absolute atomic E-state index is 0.233. The number of rotatable bonds is 6. The summed E-state index contributed by atoms with van der Waals surface area (Å²) in [5, 5.41) is 8.47. The minimum Gasteiger partial charge on any atom is -0.396 e. The van der Waals surface area contributed by atoms with E-state index in [1.165, 1.54) is 0 Å². The van der Waals surface area contributed by atoms with Gasteiger partial charge in [-0.15, -0.1) is 0 Å². The van der Waals surface area contributed by atoms with Crippen LogP contribution in [0.5, 0.6) is 0 Å². The van der Waals surface area contributed by atoms with Crippen molar-refractivity contribution in [1.82, 2.24) is 0 Å². The number of ether oxygens (including phenoxy) is 2. The molecule has 11 heavy (non-hydrogen) atoms. The number of hydrogen-bond acceptors (Lipinski definition) is 3. The Kier molecular flexibility index (Phi) is 5.46. The standard InChI is InChI=1S/C8H18O3/c1-8(2,10-3)11-7-5-4-6-9/h9H,4-7H2,1-3H3. The Balaban J connectivity index is 3.23. The van der Waals surface area contributed by atoms with Gasteiger partial charge in [0.15, 0.2) is 5.79 Å². The first-order chi connectivity index (χ1) is 5.12. The van der Waals surface area contributed by atoms with Gasteiger partial charge in [-0.2, -0.15) is 0 Å². The number of hydrogen-bond donors (Lipinski definition) is 1. The number of aliphatic hydroxyl groups is 1. The van der Waals surface area contributed by atoms with Gasteiger partial charge in [-0.25, -0.2) is 0 Å². The van der Waals surface area contributed by atoms with Crippen molar-refractivity contribution in [2.45, 2.75) is 32.5 Å². The largest absolute Gasteiger partial charge is 0.396 e. The predicted molar refractivity (Wildman–Crippen MR) is 43.4 cm³/mol. The van der Waals surface area contributed by atoms with E-state index in [9.17, 15) is 0 Å². The molecule has 0 radical (unpaired) electrons. The van der Waals surface area contributed by atoms with Gasteiger partial charge in [-0.3, -0.25) is 0 Å². The molecule has 68 valence electrons. The molecular weight excluding hydrogens is 144 g/mol. The normalized spacial score (nSPS) is 12.0. The van der Waals surface area contributed by atoms with Gasteiger partial charge >= 0.3 is 0 Å². The molecule has 3 nitrogen and oxygen atoms in total. The first-order valence-corrected chi connectivity index (χ1v) is 3.92. The molecule has 0 spiro atoms. The van der Waals surface area contributed by atoms with E-state index in [1.807, 2.05) is 13.8 Å². The lowest BCUT2D eigenvalue weighted by molar-refractivity contribution is -0.197. The molecule has 0 aromatic rings. The lowest BCUT2D eigenvalue weighted by Gasteiger charge is -2.23. The van der Waals surface area contributed by atoms with Crippen LogP contribution in [0.25, 0.3) is 0 Å². The summed E-state index contributed by atoms with van der Waals surface area (Å²) in [7, 11) is 1.62. The lowest BCUT2D eigenvalue weighted by Crippen LogP contribution is -2.27. The summed E-state index contributed by atoms with van der Waals surface area (Å²) >= 11 is 0. The Morgan fingerprint density at radius 1 is 1.27 bits per heavy atom. The van der Waals surface area contributed by atoms with E-state index in [2.05, 4.69) is 0 Å². The maximum Gasteiger partial charge on any atom is 0.162 e. The van der Waals surface area contributed by atoms with Crippen LogP contribution in [0.4, 0.5) is 0 Å². The average molecular weight is 162 g/mol. The van der Waals surface area contributed by atoms with Gasteiger partial charge in [0.05, 0.1) is 6.61 Å². The van der Waals surface area contributed by atoms with Crippen molar-refractivity contribution in [3.05, 3.63) is 0 Å². The number of methoxy groups -OCH3 is 1. The van der Waals surface area contributed by atoms with E-state index in [0.717, 1.165) is 12.8 Å². The molecule has 0 saturated heterocycles. The van der Waals surface area contributed by atoms with Crippen LogP contribution in [0, 0.1) is 0 Å². The molecule has 0 atom stereocenters. The van der Waals surface area contributed by atoms with Crippen molar-refractivity contribution in [3.8, 4) is 0 Å². The van der Waals surface area contributed by atoms with Crippen LogP contribution in [0.2, 0.25) is 0 Å². The van der Waals surface area contributed by atoms with Crippen molar-refractivity contribution >= 4 is 0 Å². The molecule has 0 aromatic heterocycles. The Morgan fingerprint density at radius 2 is 1.91 bits per heavy atom. The molecule has 1 N–H and O–H groups in total. The predicted octanol–water partition coefficient (Wildman–Crippen LogP) is 1.16. The van der Waals surface area contributed by atoms with Gasteiger partial charge in [0, 0.05) is 13.7 Å². The summed E-state index contributed by atoms with van der Waals surface area (Å²) < 4.78 is 10.4. The van der Waals surface area contributed by atoms with E-state index in [0.29, 0.717) is 6.61 Å². The minimum atomic E-state index is -0.491. The molecule has 0 saturated carbocycles. The van der Waals surface area contributed by atoms with Crippen LogP contribution >= 0.6 is 0 Å². The van der Waals surface area contributed by atoms with E-state index in [1.54, 1.807) is 7.11 Å². The van der Waals surface area contributed by atoms with Crippen LogP contribution < -0.4 is 0 Å². The van der Waals surface area contributed by atoms with Crippen LogP contribution in [0.3, 0.4) is 0 Å². The molecule has 0 bridgehead atoms. The fourth-order valence-corrected chi connectivity index (χ4v) is 0.591. The van der Waals surface area contributed by atoms with Crippen LogP contribution in [0.15, 0.2) is 0 Å². The van der Waals surface area contributed by atoms with Crippen molar-refractivity contribution in [3.63, 3.8) is 0 Å². The highest BCUT2D eigenvalue weighted by molar-refractivity contribution is 4.51. The van der Waals surface area contributed by atoms with E-state index in [-0.39, 0.29) is 6.61 Å². The SMILES string of the molecule is COC(C)(C)OCCCCO. The molecule has 0 heterocycles. The zero-order chi connectivity index (χ0) is 8.74. The highest BCUT2D eigenvalue weighted by atomic mass is 16.7. The summed E-state index contributed by atoms with van der Waals surface area (Å²) in [6.45, 7) is 4.61. The smallest absolute Gasteiger partial charge is 0.162 e. The Morgan fingerprint density at radius 3 is 2.36 bits per heavy atom. The molecule has 0 aliphatic heterocycles. The summed E-state index contributed by atoms with van der Waals surface area (Å²) in [6.07, 6.45) is 1.67. The van der Waals surface area contributed by atoms with E-state index < -0.39 is 5.79 Å². The summed E-state index contributed by atoms with van der Waals surface area (Å²) in [5.74, 6) is -0.491. The third-order valence-electron chi connectivity index (χ3n) is 1.49. The Labute approximate surface area is 68.3 Å². The first-order valence-electron chi connectivity index (χ1n) is 3.92. The van der Waals surface area contributed by atoms with Crippen molar-refractivity contribution in [2.24, 2.45) is 0 Å². The number of aliphatic hydroxyl groups excluding tert-OH is 1. The number of unbranched alkanes of at least 4 members (excludes halogenated alkanes) is 1. The van der Waals surface area contributed by atoms with Crippen molar-refractivity contribution in [1.29, 1.82) is 0 Å². The fraction of sp³-hybridized carbons (Fsp3) is 1.00. The topological polar surface area (TPSA) is 38.7 Å². The monoisotopic (exact) mass is 162 g/mol. The van der Waals surface area contributed by atoms with E-state index in [4.69, 9.17) is 14.6 Å². The second-order valence-corrected chi connectivity index (χ2v) is 2.88. The molecule has 3 heteroatoms. The summed E-state index contributed by atoms with van der Waals surface area (Å²) in [6, 6.07) is 0. The first kappa shape index (κ1) is 10.9. The maximum atomic E-state index is 8.47. The average Bonchev–Trinajstić information content (AvgIpc) is 1.99. The van der Waals surface area contributed by atoms with Gasteiger partial charge in [0.1, 0.15) is 0 Å². The second-order valence-electron chi connectivity index (χ2n) is 2.88. The summed E-state index contributed by atoms with van der Waals surface area (Å²) in [5.41, 5.74) is 0. The molecule has 0 amide bonds. The third kappa shape index (κ3) is 6.28. The molecule has 0 aliphatic rings. The van der Waals surface area contributed by atoms with Gasteiger partial charge < -0.3 is 14.6 Å². The third-order valence-corrected chi connectivity index (χ3v) is 1.49. The second kappa shape index (κ2) is 5.52.